The molecule has 0 bridgehead atoms. The van der Waals surface area contributed by atoms with Crippen molar-refractivity contribution in [1.29, 1.82) is 0 Å². The maximum Gasteiger partial charge on any atom is 0.181 e. The van der Waals surface area contributed by atoms with E-state index in [0.717, 1.165) is 0 Å². The molecule has 5 heteroatoms. The van der Waals surface area contributed by atoms with Crippen molar-refractivity contribution in [3.05, 3.63) is 24.2 Å². The molecule has 0 aromatic carbocycles. The fourth-order valence-corrected chi connectivity index (χ4v) is 0.988. The van der Waals surface area contributed by atoms with E-state index >= 15 is 0 Å². The molecule has 0 fully saturated rings. The Hall–Kier alpha value is -1.67. The van der Waals surface area contributed by atoms with E-state index in [9.17, 15) is 0 Å². The minimum Gasteiger partial charge on any atom is -0.463 e. The van der Waals surface area contributed by atoms with Crippen molar-refractivity contribution in [2.24, 2.45) is 15.9 Å². The Morgan fingerprint density at radius 2 is 2.64 bits per heavy atom. The first kappa shape index (κ1) is 10.4. The SMILES string of the molecule is C#CCS/C(N)=N\N=C\c1ccco1. The first-order valence-electron chi connectivity index (χ1n) is 3.79. The number of nitrogens with two attached hydrogens (primary N) is 1. The minimum absolute atomic E-state index is 0.339. The first-order chi connectivity index (χ1) is 6.83. The van der Waals surface area contributed by atoms with Gasteiger partial charge in [0, 0.05) is 0 Å². The number of hydrogen-bond donors (Lipinski definition) is 1. The van der Waals surface area contributed by atoms with Gasteiger partial charge in [0.1, 0.15) is 5.76 Å². The van der Waals surface area contributed by atoms with Gasteiger partial charge in [-0.3, -0.25) is 0 Å². The Balaban J connectivity index is 2.42. The van der Waals surface area contributed by atoms with Crippen LogP contribution in [0.25, 0.3) is 0 Å². The van der Waals surface area contributed by atoms with E-state index in [2.05, 4.69) is 16.1 Å². The van der Waals surface area contributed by atoms with E-state index in [1.807, 2.05) is 0 Å². The van der Waals surface area contributed by atoms with Gasteiger partial charge < -0.3 is 10.2 Å². The second-order valence-electron chi connectivity index (χ2n) is 2.19. The molecule has 1 aromatic heterocycles. The highest BCUT2D eigenvalue weighted by Crippen LogP contribution is 1.99. The molecular formula is C9H9N3OS. The van der Waals surface area contributed by atoms with Crippen LogP contribution in [-0.2, 0) is 0 Å². The first-order valence-corrected chi connectivity index (χ1v) is 4.77. The molecule has 0 saturated heterocycles. The fraction of sp³-hybridized carbons (Fsp3) is 0.111. The lowest BCUT2D eigenvalue weighted by Crippen LogP contribution is -2.05. The third kappa shape index (κ3) is 3.83. The molecule has 0 aliphatic heterocycles. The molecule has 72 valence electrons. The van der Waals surface area contributed by atoms with Gasteiger partial charge in [-0.05, 0) is 12.1 Å². The highest BCUT2D eigenvalue weighted by atomic mass is 32.2. The van der Waals surface area contributed by atoms with Gasteiger partial charge in [0.2, 0.25) is 0 Å². The van der Waals surface area contributed by atoms with Crippen LogP contribution in [0.1, 0.15) is 5.76 Å². The van der Waals surface area contributed by atoms with Crippen LogP contribution in [-0.4, -0.2) is 17.1 Å². The Labute approximate surface area is 86.3 Å². The molecule has 4 nitrogen and oxygen atoms in total. The summed E-state index contributed by atoms with van der Waals surface area (Å²) in [7, 11) is 0. The van der Waals surface area contributed by atoms with E-state index in [0.29, 0.717) is 16.7 Å². The maximum absolute atomic E-state index is 5.47. The third-order valence-corrected chi connectivity index (χ3v) is 1.88. The van der Waals surface area contributed by atoms with E-state index in [1.165, 1.54) is 18.0 Å². The van der Waals surface area contributed by atoms with Gasteiger partial charge in [0.15, 0.2) is 5.17 Å². The van der Waals surface area contributed by atoms with Gasteiger partial charge in [-0.1, -0.05) is 17.7 Å². The van der Waals surface area contributed by atoms with Crippen molar-refractivity contribution in [1.82, 2.24) is 0 Å². The second-order valence-corrected chi connectivity index (χ2v) is 3.19. The largest absolute Gasteiger partial charge is 0.463 e. The van der Waals surface area contributed by atoms with Crippen LogP contribution in [0.3, 0.4) is 0 Å². The molecule has 0 aliphatic rings. The lowest BCUT2D eigenvalue weighted by atomic mass is 10.5. The van der Waals surface area contributed by atoms with Crippen LogP contribution in [0.5, 0.6) is 0 Å². The zero-order valence-electron chi connectivity index (χ0n) is 7.38. The summed E-state index contributed by atoms with van der Waals surface area (Å²) in [6, 6.07) is 3.53. The Kier molecular flexibility index (Phi) is 4.38. The summed E-state index contributed by atoms with van der Waals surface area (Å²) in [5.74, 6) is 3.55. The second kappa shape index (κ2) is 5.89. The number of thioether (sulfide) groups is 1. The van der Waals surface area contributed by atoms with Crippen molar-refractivity contribution in [3.63, 3.8) is 0 Å². The minimum atomic E-state index is 0.339. The zero-order valence-corrected chi connectivity index (χ0v) is 8.20. The molecule has 1 heterocycles. The van der Waals surface area contributed by atoms with Gasteiger partial charge >= 0.3 is 0 Å². The molecule has 0 saturated carbocycles. The standard InChI is InChI=1S/C9H9N3OS/c1-2-6-14-9(10)12-11-7-8-4-3-5-13-8/h1,3-5,7H,6H2,(H2,10,12)/b11-7+. The van der Waals surface area contributed by atoms with E-state index in [-0.39, 0.29) is 0 Å². The zero-order chi connectivity index (χ0) is 10.2. The predicted molar refractivity (Wildman–Crippen MR) is 59.2 cm³/mol. The summed E-state index contributed by atoms with van der Waals surface area (Å²) in [4.78, 5) is 0. The van der Waals surface area contributed by atoms with Crippen molar-refractivity contribution >= 4 is 23.1 Å². The van der Waals surface area contributed by atoms with E-state index in [1.54, 1.807) is 18.4 Å². The van der Waals surface area contributed by atoms with Gasteiger partial charge in [0.25, 0.3) is 0 Å². The Morgan fingerprint density at radius 1 is 1.79 bits per heavy atom. The molecule has 2 N–H and O–H groups in total. The molecule has 1 aromatic rings. The molecule has 1 rings (SSSR count). The highest BCUT2D eigenvalue weighted by Gasteiger charge is 1.90. The fourth-order valence-electron chi connectivity index (χ4n) is 0.652. The normalized spacial score (nSPS) is 11.8. The highest BCUT2D eigenvalue weighted by molar-refractivity contribution is 8.13. The van der Waals surface area contributed by atoms with E-state index < -0.39 is 0 Å². The van der Waals surface area contributed by atoms with Crippen molar-refractivity contribution in [2.75, 3.05) is 5.75 Å². The van der Waals surface area contributed by atoms with Crippen LogP contribution in [0, 0.1) is 12.3 Å². The van der Waals surface area contributed by atoms with Crippen LogP contribution in [0.15, 0.2) is 33.0 Å². The molecule has 0 atom stereocenters. The number of furan rings is 1. The van der Waals surface area contributed by atoms with Gasteiger partial charge in [0.05, 0.1) is 18.2 Å². The monoisotopic (exact) mass is 207 g/mol. The number of nitrogens with zero attached hydrogens (tertiary/aromatic N) is 2. The predicted octanol–water partition coefficient (Wildman–Crippen LogP) is 1.29. The summed E-state index contributed by atoms with van der Waals surface area (Å²) in [6.07, 6.45) is 8.08. The van der Waals surface area contributed by atoms with Crippen LogP contribution < -0.4 is 5.73 Å². The lowest BCUT2D eigenvalue weighted by molar-refractivity contribution is 0.560. The molecule has 14 heavy (non-hydrogen) atoms. The van der Waals surface area contributed by atoms with Crippen molar-refractivity contribution in [3.8, 4) is 12.3 Å². The van der Waals surface area contributed by atoms with Crippen LogP contribution in [0.4, 0.5) is 0 Å². The molecule has 0 amide bonds. The van der Waals surface area contributed by atoms with Crippen molar-refractivity contribution in [2.45, 2.75) is 0 Å². The summed E-state index contributed by atoms with van der Waals surface area (Å²) in [5.41, 5.74) is 5.47. The summed E-state index contributed by atoms with van der Waals surface area (Å²) < 4.78 is 5.00. The average molecular weight is 207 g/mol. The lowest BCUT2D eigenvalue weighted by Gasteiger charge is -1.90. The van der Waals surface area contributed by atoms with E-state index in [4.69, 9.17) is 16.6 Å². The molecule has 0 spiro atoms. The Bertz CT molecular complexity index is 362. The maximum atomic E-state index is 5.47. The van der Waals surface area contributed by atoms with Gasteiger partial charge in [-0.2, -0.15) is 5.10 Å². The molecule has 0 aliphatic carbocycles. The Morgan fingerprint density at radius 3 is 3.29 bits per heavy atom. The number of rotatable bonds is 3. The summed E-state index contributed by atoms with van der Waals surface area (Å²) in [5, 5.41) is 7.77. The summed E-state index contributed by atoms with van der Waals surface area (Å²) >= 11 is 1.26. The quantitative estimate of drug-likeness (QED) is 0.351. The number of amidine groups is 1. The molecule has 0 unspecified atom stereocenters. The molecular weight excluding hydrogens is 198 g/mol. The van der Waals surface area contributed by atoms with Gasteiger partial charge in [-0.15, -0.1) is 11.5 Å². The third-order valence-electron chi connectivity index (χ3n) is 1.19. The topological polar surface area (TPSA) is 63.9 Å². The molecule has 0 radical (unpaired) electrons. The van der Waals surface area contributed by atoms with Crippen LogP contribution in [0.2, 0.25) is 0 Å². The summed E-state index contributed by atoms with van der Waals surface area (Å²) in [6.45, 7) is 0. The van der Waals surface area contributed by atoms with Gasteiger partial charge in [-0.25, -0.2) is 0 Å². The van der Waals surface area contributed by atoms with Crippen LogP contribution >= 0.6 is 11.8 Å². The number of hydrogen-bond acceptors (Lipinski definition) is 4. The van der Waals surface area contributed by atoms with Crippen molar-refractivity contribution < 1.29 is 4.42 Å². The smallest absolute Gasteiger partial charge is 0.181 e. The average Bonchev–Trinajstić information content (AvgIpc) is 2.67. The number of terminal acetylenes is 1.